The van der Waals surface area contributed by atoms with E-state index in [4.69, 9.17) is 27.9 Å². The van der Waals surface area contributed by atoms with E-state index in [2.05, 4.69) is 10.3 Å². The number of rotatable bonds is 7. The van der Waals surface area contributed by atoms with Crippen LogP contribution in [0.2, 0.25) is 10.0 Å². The number of hydrogen-bond acceptors (Lipinski definition) is 3. The molecule has 1 aliphatic rings. The number of alkyl halides is 4. The Bertz CT molecular complexity index is 1220. The van der Waals surface area contributed by atoms with Crippen LogP contribution in [0.3, 0.4) is 0 Å². The molecule has 1 aromatic heterocycles. The van der Waals surface area contributed by atoms with Crippen molar-refractivity contribution in [1.82, 2.24) is 10.3 Å². The summed E-state index contributed by atoms with van der Waals surface area (Å²) in [6.07, 6.45) is -3.54. The lowest BCUT2D eigenvalue weighted by molar-refractivity contribution is -0.141. The topological polar surface area (TPSA) is 51.2 Å². The molecular formula is C24H18Cl2F4N2O2. The molecule has 1 atom stereocenters. The Hall–Kier alpha value is -2.84. The van der Waals surface area contributed by atoms with Crippen molar-refractivity contribution in [2.24, 2.45) is 0 Å². The molecule has 10 heteroatoms. The van der Waals surface area contributed by atoms with Crippen molar-refractivity contribution < 1.29 is 27.1 Å². The van der Waals surface area contributed by atoms with E-state index in [1.807, 2.05) is 6.07 Å². The van der Waals surface area contributed by atoms with Crippen LogP contribution < -0.4 is 10.1 Å². The second-order valence-corrected chi connectivity index (χ2v) is 8.70. The Labute approximate surface area is 202 Å². The monoisotopic (exact) mass is 512 g/mol. The third-order valence-corrected chi connectivity index (χ3v) is 5.84. The predicted molar refractivity (Wildman–Crippen MR) is 120 cm³/mol. The second kappa shape index (κ2) is 9.80. The molecule has 1 saturated carbocycles. The van der Waals surface area contributed by atoms with Crippen LogP contribution >= 0.6 is 23.2 Å². The molecule has 1 fully saturated rings. The van der Waals surface area contributed by atoms with Gasteiger partial charge in [0.1, 0.15) is 17.6 Å². The molecule has 0 radical (unpaired) electrons. The van der Waals surface area contributed by atoms with Gasteiger partial charge in [-0.15, -0.1) is 0 Å². The minimum atomic E-state index is -4.78. The summed E-state index contributed by atoms with van der Waals surface area (Å²) in [6.45, 7) is -0.527. The molecule has 1 unspecified atom stereocenters. The summed E-state index contributed by atoms with van der Waals surface area (Å²) in [5.41, 5.74) is -0.559. The van der Waals surface area contributed by atoms with E-state index in [1.165, 1.54) is 18.2 Å². The zero-order chi connectivity index (χ0) is 24.5. The quantitative estimate of drug-likeness (QED) is 0.333. The molecule has 3 aromatic rings. The molecule has 1 aliphatic carbocycles. The SMILES string of the molecule is O=C(NCC(F)c1ccc(Cl)cc1Cl)c1cc(C(F)(F)F)ncc1Oc1cccc(C2CC2)c1. The summed E-state index contributed by atoms with van der Waals surface area (Å²) in [4.78, 5) is 16.2. The molecule has 0 saturated heterocycles. The van der Waals surface area contributed by atoms with E-state index in [0.29, 0.717) is 22.8 Å². The van der Waals surface area contributed by atoms with Crippen LogP contribution in [0.4, 0.5) is 17.6 Å². The zero-order valence-corrected chi connectivity index (χ0v) is 19.0. The highest BCUT2D eigenvalue weighted by Crippen LogP contribution is 2.41. The van der Waals surface area contributed by atoms with Gasteiger partial charge in [-0.25, -0.2) is 9.37 Å². The number of halogens is 6. The number of carbonyl (C=O) groups excluding carboxylic acids is 1. The fourth-order valence-corrected chi connectivity index (χ4v) is 3.90. The summed E-state index contributed by atoms with van der Waals surface area (Å²) < 4.78 is 60.1. The summed E-state index contributed by atoms with van der Waals surface area (Å²) in [6, 6.07) is 11.9. The highest BCUT2D eigenvalue weighted by atomic mass is 35.5. The van der Waals surface area contributed by atoms with Gasteiger partial charge in [-0.05, 0) is 54.7 Å². The summed E-state index contributed by atoms with van der Waals surface area (Å²) in [7, 11) is 0. The smallest absolute Gasteiger partial charge is 0.433 e. The van der Waals surface area contributed by atoms with Gasteiger partial charge in [0, 0.05) is 15.6 Å². The molecule has 1 amide bonds. The number of amides is 1. The third kappa shape index (κ3) is 5.80. The molecule has 0 bridgehead atoms. The van der Waals surface area contributed by atoms with E-state index in [9.17, 15) is 22.4 Å². The van der Waals surface area contributed by atoms with Gasteiger partial charge in [0.05, 0.1) is 18.3 Å². The highest BCUT2D eigenvalue weighted by molar-refractivity contribution is 6.35. The molecule has 4 rings (SSSR count). The van der Waals surface area contributed by atoms with Gasteiger partial charge >= 0.3 is 6.18 Å². The predicted octanol–water partition coefficient (Wildman–Crippen LogP) is 7.52. The number of hydrogen-bond donors (Lipinski definition) is 1. The molecule has 178 valence electrons. The Kier molecular flexibility index (Phi) is 7.00. The number of carbonyl (C=O) groups is 1. The van der Waals surface area contributed by atoms with Crippen molar-refractivity contribution in [3.05, 3.63) is 87.2 Å². The maximum atomic E-state index is 14.7. The summed E-state index contributed by atoms with van der Waals surface area (Å²) in [5, 5.41) is 2.68. The van der Waals surface area contributed by atoms with E-state index >= 15 is 0 Å². The Morgan fingerprint density at radius 1 is 1.15 bits per heavy atom. The standard InChI is InChI=1S/C24H18Cl2F4N2O2/c25-15-6-7-17(19(26)9-15)20(27)11-32-23(33)18-10-22(24(28,29)30)31-12-21(18)34-16-3-1-2-14(8-16)13-4-5-13/h1-3,6-10,12-13,20H,4-5,11H2,(H,32,33). The van der Waals surface area contributed by atoms with Crippen molar-refractivity contribution in [1.29, 1.82) is 0 Å². The van der Waals surface area contributed by atoms with Crippen molar-refractivity contribution in [3.63, 3.8) is 0 Å². The summed E-state index contributed by atoms with van der Waals surface area (Å²) in [5.74, 6) is -0.345. The van der Waals surface area contributed by atoms with Gasteiger partial charge in [0.15, 0.2) is 5.75 Å². The van der Waals surface area contributed by atoms with Crippen LogP contribution in [0.15, 0.2) is 54.7 Å². The first kappa shape index (κ1) is 24.3. The first-order valence-electron chi connectivity index (χ1n) is 10.3. The average Bonchev–Trinajstić information content (AvgIpc) is 3.62. The fraction of sp³-hybridized carbons (Fsp3) is 0.250. The lowest BCUT2D eigenvalue weighted by Gasteiger charge is -2.16. The van der Waals surface area contributed by atoms with Crippen LogP contribution in [-0.2, 0) is 6.18 Å². The summed E-state index contributed by atoms with van der Waals surface area (Å²) >= 11 is 11.8. The molecular weight excluding hydrogens is 495 g/mol. The van der Waals surface area contributed by atoms with E-state index < -0.39 is 36.1 Å². The second-order valence-electron chi connectivity index (χ2n) is 7.86. The van der Waals surface area contributed by atoms with Crippen LogP contribution in [0, 0.1) is 0 Å². The maximum Gasteiger partial charge on any atom is 0.433 e. The van der Waals surface area contributed by atoms with Crippen molar-refractivity contribution in [3.8, 4) is 11.5 Å². The van der Waals surface area contributed by atoms with Gasteiger partial charge in [0.2, 0.25) is 0 Å². The first-order chi connectivity index (χ1) is 16.1. The van der Waals surface area contributed by atoms with Gasteiger partial charge < -0.3 is 10.1 Å². The normalized spacial score (nSPS) is 14.5. The minimum absolute atomic E-state index is 0.0667. The number of nitrogens with one attached hydrogen (secondary N) is 1. The molecule has 4 nitrogen and oxygen atoms in total. The highest BCUT2D eigenvalue weighted by Gasteiger charge is 2.34. The zero-order valence-electron chi connectivity index (χ0n) is 17.5. The number of ether oxygens (including phenoxy) is 1. The van der Waals surface area contributed by atoms with Crippen molar-refractivity contribution >= 4 is 29.1 Å². The largest absolute Gasteiger partial charge is 0.455 e. The minimum Gasteiger partial charge on any atom is -0.455 e. The number of benzene rings is 2. The molecule has 0 spiro atoms. The number of nitrogens with zero attached hydrogens (tertiary/aromatic N) is 1. The van der Waals surface area contributed by atoms with E-state index in [0.717, 1.165) is 24.6 Å². The lowest BCUT2D eigenvalue weighted by atomic mass is 10.1. The third-order valence-electron chi connectivity index (χ3n) is 5.28. The molecule has 0 aliphatic heterocycles. The van der Waals surface area contributed by atoms with Crippen LogP contribution in [-0.4, -0.2) is 17.4 Å². The van der Waals surface area contributed by atoms with Crippen molar-refractivity contribution in [2.45, 2.75) is 31.1 Å². The Balaban J connectivity index is 1.56. The fourth-order valence-electron chi connectivity index (χ4n) is 3.38. The lowest BCUT2D eigenvalue weighted by Crippen LogP contribution is -2.28. The molecule has 34 heavy (non-hydrogen) atoms. The molecule has 2 aromatic carbocycles. The molecule has 1 N–H and O–H groups in total. The van der Waals surface area contributed by atoms with Crippen LogP contribution in [0.25, 0.3) is 0 Å². The van der Waals surface area contributed by atoms with Gasteiger partial charge in [-0.3, -0.25) is 4.79 Å². The maximum absolute atomic E-state index is 14.7. The van der Waals surface area contributed by atoms with E-state index in [1.54, 1.807) is 18.2 Å². The average molecular weight is 513 g/mol. The Morgan fingerprint density at radius 3 is 2.59 bits per heavy atom. The van der Waals surface area contributed by atoms with Gasteiger partial charge in [0.25, 0.3) is 5.91 Å². The number of aromatic nitrogens is 1. The number of pyridine rings is 1. The van der Waals surface area contributed by atoms with Gasteiger partial charge in [-0.1, -0.05) is 41.4 Å². The molecule has 1 heterocycles. The Morgan fingerprint density at radius 2 is 1.91 bits per heavy atom. The van der Waals surface area contributed by atoms with Crippen LogP contribution in [0.1, 0.15) is 52.1 Å². The van der Waals surface area contributed by atoms with E-state index in [-0.39, 0.29) is 16.3 Å². The van der Waals surface area contributed by atoms with Gasteiger partial charge in [-0.2, -0.15) is 13.2 Å². The van der Waals surface area contributed by atoms with Crippen LogP contribution in [0.5, 0.6) is 11.5 Å². The van der Waals surface area contributed by atoms with Crippen molar-refractivity contribution in [2.75, 3.05) is 6.54 Å². The first-order valence-corrected chi connectivity index (χ1v) is 11.1.